The van der Waals surface area contributed by atoms with Crippen molar-refractivity contribution in [3.63, 3.8) is 0 Å². The molecule has 0 radical (unpaired) electrons. The summed E-state index contributed by atoms with van der Waals surface area (Å²) < 4.78 is 0. The molecule has 1 unspecified atom stereocenters. The van der Waals surface area contributed by atoms with E-state index in [1.807, 2.05) is 30.3 Å². The molecule has 24 heavy (non-hydrogen) atoms. The van der Waals surface area contributed by atoms with Gasteiger partial charge in [-0.1, -0.05) is 49.6 Å². The summed E-state index contributed by atoms with van der Waals surface area (Å²) in [7, 11) is 0. The smallest absolute Gasteiger partial charge is 0.312 e. The highest BCUT2D eigenvalue weighted by molar-refractivity contribution is 5.79. The number of rotatable bonds is 6. The van der Waals surface area contributed by atoms with E-state index in [4.69, 9.17) is 5.73 Å². The minimum Gasteiger partial charge on any atom is -0.352 e. The van der Waals surface area contributed by atoms with Gasteiger partial charge < -0.3 is 16.0 Å². The first-order chi connectivity index (χ1) is 11.6. The van der Waals surface area contributed by atoms with Crippen molar-refractivity contribution in [2.75, 3.05) is 0 Å². The van der Waals surface area contributed by atoms with Crippen molar-refractivity contribution >= 4 is 11.9 Å². The van der Waals surface area contributed by atoms with Crippen molar-refractivity contribution in [1.82, 2.24) is 10.2 Å². The minimum absolute atomic E-state index is 0.145. The standard InChI is InChI=1S/C19H27N3O2/c20-19(24)21-17(14-7-3-1-4-8-14)13-18(23)22(16-11-12-16)15-9-5-2-6-10-15/h1,3-4,7-8,15-17H,2,5-6,9-13H2,(H3,20,21,24). The first kappa shape index (κ1) is 16.8. The summed E-state index contributed by atoms with van der Waals surface area (Å²) >= 11 is 0. The average Bonchev–Trinajstić information content (AvgIpc) is 3.41. The van der Waals surface area contributed by atoms with E-state index >= 15 is 0 Å². The molecule has 0 heterocycles. The molecule has 2 saturated carbocycles. The number of benzene rings is 1. The summed E-state index contributed by atoms with van der Waals surface area (Å²) in [5.41, 5.74) is 6.24. The van der Waals surface area contributed by atoms with Crippen molar-refractivity contribution in [3.8, 4) is 0 Å². The van der Waals surface area contributed by atoms with Crippen LogP contribution in [-0.4, -0.2) is 28.9 Å². The van der Waals surface area contributed by atoms with E-state index in [2.05, 4.69) is 10.2 Å². The number of amides is 3. The van der Waals surface area contributed by atoms with Gasteiger partial charge in [-0.15, -0.1) is 0 Å². The average molecular weight is 329 g/mol. The van der Waals surface area contributed by atoms with E-state index in [9.17, 15) is 9.59 Å². The van der Waals surface area contributed by atoms with Gasteiger partial charge in [-0.3, -0.25) is 4.79 Å². The van der Waals surface area contributed by atoms with Crippen LogP contribution in [0.3, 0.4) is 0 Å². The highest BCUT2D eigenvalue weighted by atomic mass is 16.2. The van der Waals surface area contributed by atoms with Gasteiger partial charge in [0, 0.05) is 12.1 Å². The fourth-order valence-corrected chi connectivity index (χ4v) is 3.81. The Labute approximate surface area is 143 Å². The maximum Gasteiger partial charge on any atom is 0.312 e. The molecule has 3 rings (SSSR count). The van der Waals surface area contributed by atoms with Crippen LogP contribution in [0.25, 0.3) is 0 Å². The van der Waals surface area contributed by atoms with Gasteiger partial charge in [-0.25, -0.2) is 4.79 Å². The van der Waals surface area contributed by atoms with E-state index in [0.29, 0.717) is 12.1 Å². The van der Waals surface area contributed by atoms with Crippen LogP contribution < -0.4 is 11.1 Å². The molecule has 130 valence electrons. The van der Waals surface area contributed by atoms with Crippen molar-refractivity contribution in [2.45, 2.75) is 69.5 Å². The Morgan fingerprint density at radius 2 is 1.67 bits per heavy atom. The number of carbonyl (C=O) groups excluding carboxylic acids is 2. The van der Waals surface area contributed by atoms with E-state index in [1.54, 1.807) is 0 Å². The quantitative estimate of drug-likeness (QED) is 0.841. The van der Waals surface area contributed by atoms with Gasteiger partial charge in [0.05, 0.1) is 12.5 Å². The lowest BCUT2D eigenvalue weighted by Gasteiger charge is -2.35. The summed E-state index contributed by atoms with van der Waals surface area (Å²) in [4.78, 5) is 26.5. The molecule has 0 saturated heterocycles. The first-order valence-electron chi connectivity index (χ1n) is 9.07. The van der Waals surface area contributed by atoms with Crippen LogP contribution in [0.1, 0.15) is 63.0 Å². The highest BCUT2D eigenvalue weighted by Gasteiger charge is 2.38. The first-order valence-corrected chi connectivity index (χ1v) is 9.07. The number of nitrogens with one attached hydrogen (secondary N) is 1. The molecule has 2 fully saturated rings. The second-order valence-corrected chi connectivity index (χ2v) is 7.00. The largest absolute Gasteiger partial charge is 0.352 e. The molecule has 5 heteroatoms. The Kier molecular flexibility index (Phi) is 5.38. The van der Waals surface area contributed by atoms with Crippen LogP contribution in [-0.2, 0) is 4.79 Å². The molecule has 0 spiro atoms. The SMILES string of the molecule is NC(=O)NC(CC(=O)N(C1CCCCC1)C1CC1)c1ccccc1. The topological polar surface area (TPSA) is 75.4 Å². The molecule has 3 N–H and O–H groups in total. The molecule has 2 aliphatic carbocycles. The Morgan fingerprint density at radius 3 is 2.25 bits per heavy atom. The number of hydrogen-bond donors (Lipinski definition) is 2. The number of hydrogen-bond acceptors (Lipinski definition) is 2. The summed E-state index contributed by atoms with van der Waals surface area (Å²) in [5, 5.41) is 2.74. The molecule has 2 aliphatic rings. The maximum atomic E-state index is 13.0. The predicted molar refractivity (Wildman–Crippen MR) is 93.3 cm³/mol. The van der Waals surface area contributed by atoms with Crippen LogP contribution in [0.2, 0.25) is 0 Å². The lowest BCUT2D eigenvalue weighted by molar-refractivity contribution is -0.135. The van der Waals surface area contributed by atoms with Gasteiger partial charge in [0.15, 0.2) is 0 Å². The normalized spacial score (nSPS) is 19.5. The molecule has 1 aromatic carbocycles. The molecule has 3 amide bonds. The second kappa shape index (κ2) is 7.69. The second-order valence-electron chi connectivity index (χ2n) is 7.00. The number of nitrogens with zero attached hydrogens (tertiary/aromatic N) is 1. The zero-order chi connectivity index (χ0) is 16.9. The molecular formula is C19H27N3O2. The molecule has 0 aromatic heterocycles. The van der Waals surface area contributed by atoms with Gasteiger partial charge in [0.25, 0.3) is 0 Å². The minimum atomic E-state index is -0.590. The monoisotopic (exact) mass is 329 g/mol. The van der Waals surface area contributed by atoms with E-state index < -0.39 is 6.03 Å². The lowest BCUT2D eigenvalue weighted by Crippen LogP contribution is -2.45. The fourth-order valence-electron chi connectivity index (χ4n) is 3.81. The maximum absolute atomic E-state index is 13.0. The van der Waals surface area contributed by atoms with Gasteiger partial charge in [0.2, 0.25) is 5.91 Å². The molecule has 1 aromatic rings. The van der Waals surface area contributed by atoms with Gasteiger partial charge >= 0.3 is 6.03 Å². The number of primary amides is 1. The third-order valence-corrected chi connectivity index (χ3v) is 5.09. The van der Waals surface area contributed by atoms with Gasteiger partial charge in [0.1, 0.15) is 0 Å². The van der Waals surface area contributed by atoms with Crippen LogP contribution in [0.15, 0.2) is 30.3 Å². The fraction of sp³-hybridized carbons (Fsp3) is 0.579. The molecule has 1 atom stereocenters. The summed E-state index contributed by atoms with van der Waals surface area (Å²) in [6.45, 7) is 0. The Hall–Kier alpha value is -2.04. The van der Waals surface area contributed by atoms with Crippen LogP contribution in [0.4, 0.5) is 4.79 Å². The van der Waals surface area contributed by atoms with Crippen LogP contribution >= 0.6 is 0 Å². The summed E-state index contributed by atoms with van der Waals surface area (Å²) in [6, 6.07) is 9.43. The van der Waals surface area contributed by atoms with Crippen molar-refractivity contribution in [1.29, 1.82) is 0 Å². The van der Waals surface area contributed by atoms with Crippen molar-refractivity contribution in [2.24, 2.45) is 5.73 Å². The van der Waals surface area contributed by atoms with Crippen molar-refractivity contribution < 1.29 is 9.59 Å². The molecular weight excluding hydrogens is 302 g/mol. The summed E-state index contributed by atoms with van der Waals surface area (Å²) in [6.07, 6.45) is 8.43. The van der Waals surface area contributed by atoms with Gasteiger partial charge in [-0.2, -0.15) is 0 Å². The third-order valence-electron chi connectivity index (χ3n) is 5.09. The summed E-state index contributed by atoms with van der Waals surface area (Å²) in [5.74, 6) is 0.145. The van der Waals surface area contributed by atoms with Crippen LogP contribution in [0.5, 0.6) is 0 Å². The number of urea groups is 1. The lowest BCUT2D eigenvalue weighted by atomic mass is 9.93. The Bertz CT molecular complexity index is 565. The number of carbonyl (C=O) groups is 2. The zero-order valence-electron chi connectivity index (χ0n) is 14.1. The van der Waals surface area contributed by atoms with Crippen LogP contribution in [0, 0.1) is 0 Å². The Morgan fingerprint density at radius 1 is 1.04 bits per heavy atom. The third kappa shape index (κ3) is 4.28. The molecule has 0 bridgehead atoms. The molecule has 0 aliphatic heterocycles. The number of nitrogens with two attached hydrogens (primary N) is 1. The zero-order valence-corrected chi connectivity index (χ0v) is 14.1. The molecule has 5 nitrogen and oxygen atoms in total. The Balaban J connectivity index is 1.72. The highest BCUT2D eigenvalue weighted by Crippen LogP contribution is 2.35. The van der Waals surface area contributed by atoms with E-state index in [-0.39, 0.29) is 18.4 Å². The van der Waals surface area contributed by atoms with E-state index in [1.165, 1.54) is 19.3 Å². The van der Waals surface area contributed by atoms with Gasteiger partial charge in [-0.05, 0) is 31.2 Å². The van der Waals surface area contributed by atoms with E-state index in [0.717, 1.165) is 31.2 Å². The van der Waals surface area contributed by atoms with Crippen molar-refractivity contribution in [3.05, 3.63) is 35.9 Å². The predicted octanol–water partition coefficient (Wildman–Crippen LogP) is 3.11.